The topological polar surface area (TPSA) is 38.7 Å². The lowest BCUT2D eigenvalue weighted by Crippen LogP contribution is -2.03. The van der Waals surface area contributed by atoms with Crippen LogP contribution in [0, 0.1) is 5.82 Å². The van der Waals surface area contributed by atoms with Gasteiger partial charge in [-0.2, -0.15) is 0 Å². The Hall–Kier alpha value is -2.07. The van der Waals surface area contributed by atoms with Gasteiger partial charge in [-0.1, -0.05) is 18.2 Å². The molecule has 4 heteroatoms. The summed E-state index contributed by atoms with van der Waals surface area (Å²) in [5.74, 6) is 0.558. The predicted molar refractivity (Wildman–Crippen MR) is 74.5 cm³/mol. The Morgan fingerprint density at radius 3 is 2.35 bits per heavy atom. The standard InChI is InChI=1S/C16H17FO3/c1-19-14-5-2-12(3-6-14)8-9-20-16-7-4-13(11-18)10-15(16)17/h2-7,10,18H,8-9,11H2,1H3. The van der Waals surface area contributed by atoms with Crippen molar-refractivity contribution in [1.82, 2.24) is 0 Å². The van der Waals surface area contributed by atoms with E-state index in [4.69, 9.17) is 14.6 Å². The largest absolute Gasteiger partial charge is 0.497 e. The first-order valence-corrected chi connectivity index (χ1v) is 6.38. The molecule has 0 atom stereocenters. The molecular formula is C16H17FO3. The first-order valence-electron chi connectivity index (χ1n) is 6.38. The van der Waals surface area contributed by atoms with E-state index in [1.165, 1.54) is 12.1 Å². The van der Waals surface area contributed by atoms with E-state index in [1.807, 2.05) is 24.3 Å². The summed E-state index contributed by atoms with van der Waals surface area (Å²) in [6.45, 7) is 0.213. The van der Waals surface area contributed by atoms with Crippen LogP contribution in [0.3, 0.4) is 0 Å². The van der Waals surface area contributed by atoms with Crippen molar-refractivity contribution >= 4 is 0 Å². The summed E-state index contributed by atoms with van der Waals surface area (Å²) in [5, 5.41) is 8.90. The van der Waals surface area contributed by atoms with Gasteiger partial charge in [0, 0.05) is 6.42 Å². The third kappa shape index (κ3) is 3.71. The number of aliphatic hydroxyl groups is 1. The molecule has 20 heavy (non-hydrogen) atoms. The lowest BCUT2D eigenvalue weighted by Gasteiger charge is -2.08. The van der Waals surface area contributed by atoms with E-state index in [0.29, 0.717) is 18.6 Å². The highest BCUT2D eigenvalue weighted by atomic mass is 19.1. The number of aliphatic hydroxyl groups excluding tert-OH is 1. The molecule has 0 radical (unpaired) electrons. The Bertz CT molecular complexity index is 552. The number of hydrogen-bond donors (Lipinski definition) is 1. The van der Waals surface area contributed by atoms with Crippen molar-refractivity contribution in [3.8, 4) is 11.5 Å². The smallest absolute Gasteiger partial charge is 0.165 e. The highest BCUT2D eigenvalue weighted by molar-refractivity contribution is 5.30. The van der Waals surface area contributed by atoms with Crippen LogP contribution in [0.4, 0.5) is 4.39 Å². The van der Waals surface area contributed by atoms with Gasteiger partial charge in [-0.15, -0.1) is 0 Å². The second-order valence-corrected chi connectivity index (χ2v) is 4.37. The number of rotatable bonds is 6. The Morgan fingerprint density at radius 1 is 1.05 bits per heavy atom. The van der Waals surface area contributed by atoms with Crippen LogP contribution in [0.2, 0.25) is 0 Å². The molecule has 106 valence electrons. The van der Waals surface area contributed by atoms with Gasteiger partial charge in [-0.3, -0.25) is 0 Å². The lowest BCUT2D eigenvalue weighted by atomic mass is 10.1. The molecular weight excluding hydrogens is 259 g/mol. The van der Waals surface area contributed by atoms with E-state index in [1.54, 1.807) is 13.2 Å². The molecule has 0 saturated carbocycles. The summed E-state index contributed by atoms with van der Waals surface area (Å²) in [5.41, 5.74) is 1.63. The Morgan fingerprint density at radius 2 is 1.75 bits per heavy atom. The van der Waals surface area contributed by atoms with Gasteiger partial charge in [0.15, 0.2) is 11.6 Å². The van der Waals surface area contributed by atoms with Crippen LogP contribution in [-0.4, -0.2) is 18.8 Å². The van der Waals surface area contributed by atoms with E-state index in [2.05, 4.69) is 0 Å². The lowest BCUT2D eigenvalue weighted by molar-refractivity contribution is 0.279. The van der Waals surface area contributed by atoms with Crippen LogP contribution < -0.4 is 9.47 Å². The zero-order valence-electron chi connectivity index (χ0n) is 11.3. The molecule has 0 amide bonds. The predicted octanol–water partition coefficient (Wildman–Crippen LogP) is 2.95. The molecule has 0 fully saturated rings. The third-order valence-electron chi connectivity index (χ3n) is 2.99. The SMILES string of the molecule is COc1ccc(CCOc2ccc(CO)cc2F)cc1. The first kappa shape index (κ1) is 14.3. The maximum absolute atomic E-state index is 13.6. The number of halogens is 1. The summed E-state index contributed by atoms with van der Waals surface area (Å²) in [7, 11) is 1.62. The van der Waals surface area contributed by atoms with Crippen molar-refractivity contribution in [3.63, 3.8) is 0 Å². The van der Waals surface area contributed by atoms with Gasteiger partial charge in [0.2, 0.25) is 0 Å². The number of benzene rings is 2. The van der Waals surface area contributed by atoms with Crippen LogP contribution >= 0.6 is 0 Å². The van der Waals surface area contributed by atoms with Crippen molar-refractivity contribution in [2.45, 2.75) is 13.0 Å². The highest BCUT2D eigenvalue weighted by Crippen LogP contribution is 2.19. The highest BCUT2D eigenvalue weighted by Gasteiger charge is 2.04. The zero-order valence-corrected chi connectivity index (χ0v) is 11.3. The average molecular weight is 276 g/mol. The number of hydrogen-bond acceptors (Lipinski definition) is 3. The summed E-state index contributed by atoms with van der Waals surface area (Å²) in [4.78, 5) is 0. The minimum atomic E-state index is -0.453. The van der Waals surface area contributed by atoms with E-state index in [0.717, 1.165) is 11.3 Å². The van der Waals surface area contributed by atoms with E-state index in [9.17, 15) is 4.39 Å². The van der Waals surface area contributed by atoms with E-state index < -0.39 is 5.82 Å². The fourth-order valence-electron chi connectivity index (χ4n) is 1.83. The molecule has 0 aliphatic carbocycles. The molecule has 0 bridgehead atoms. The normalized spacial score (nSPS) is 10.3. The first-order chi connectivity index (χ1) is 9.72. The van der Waals surface area contributed by atoms with E-state index >= 15 is 0 Å². The average Bonchev–Trinajstić information content (AvgIpc) is 2.49. The van der Waals surface area contributed by atoms with Crippen LogP contribution in [0.25, 0.3) is 0 Å². The molecule has 0 saturated heterocycles. The minimum absolute atomic E-state index is 0.178. The van der Waals surface area contributed by atoms with Crippen LogP contribution in [0.15, 0.2) is 42.5 Å². The molecule has 0 heterocycles. The van der Waals surface area contributed by atoms with Gasteiger partial charge in [0.25, 0.3) is 0 Å². The van der Waals surface area contributed by atoms with Gasteiger partial charge < -0.3 is 14.6 Å². The number of ether oxygens (including phenoxy) is 2. The molecule has 2 aromatic carbocycles. The van der Waals surface area contributed by atoms with Gasteiger partial charge in [0.05, 0.1) is 20.3 Å². The second-order valence-electron chi connectivity index (χ2n) is 4.37. The fraction of sp³-hybridized carbons (Fsp3) is 0.250. The zero-order chi connectivity index (χ0) is 14.4. The van der Waals surface area contributed by atoms with Crippen molar-refractivity contribution < 1.29 is 19.0 Å². The summed E-state index contributed by atoms with van der Waals surface area (Å²) in [6.07, 6.45) is 0.686. The van der Waals surface area contributed by atoms with Crippen molar-refractivity contribution in [3.05, 3.63) is 59.4 Å². The minimum Gasteiger partial charge on any atom is -0.497 e. The van der Waals surface area contributed by atoms with Crippen LogP contribution in [-0.2, 0) is 13.0 Å². The third-order valence-corrected chi connectivity index (χ3v) is 2.99. The Balaban J connectivity index is 1.88. The molecule has 2 aromatic rings. The van der Waals surface area contributed by atoms with Gasteiger partial charge in [0.1, 0.15) is 5.75 Å². The maximum Gasteiger partial charge on any atom is 0.165 e. The quantitative estimate of drug-likeness (QED) is 0.881. The summed E-state index contributed by atoms with van der Waals surface area (Å²) < 4.78 is 24.1. The van der Waals surface area contributed by atoms with Gasteiger partial charge in [-0.05, 0) is 35.4 Å². The molecule has 0 aromatic heterocycles. The molecule has 2 rings (SSSR count). The summed E-state index contributed by atoms with van der Waals surface area (Å²) >= 11 is 0. The maximum atomic E-state index is 13.6. The Labute approximate surface area is 117 Å². The van der Waals surface area contributed by atoms with Crippen molar-refractivity contribution in [1.29, 1.82) is 0 Å². The van der Waals surface area contributed by atoms with Gasteiger partial charge in [-0.25, -0.2) is 4.39 Å². The molecule has 0 aliphatic rings. The van der Waals surface area contributed by atoms with Crippen molar-refractivity contribution in [2.24, 2.45) is 0 Å². The fourth-order valence-corrected chi connectivity index (χ4v) is 1.83. The van der Waals surface area contributed by atoms with Gasteiger partial charge >= 0.3 is 0 Å². The number of methoxy groups -OCH3 is 1. The Kier molecular flexibility index (Phi) is 4.96. The molecule has 3 nitrogen and oxygen atoms in total. The second kappa shape index (κ2) is 6.91. The molecule has 0 spiro atoms. The van der Waals surface area contributed by atoms with Crippen molar-refractivity contribution in [2.75, 3.05) is 13.7 Å². The van der Waals surface area contributed by atoms with Crippen LogP contribution in [0.5, 0.6) is 11.5 Å². The molecule has 0 aliphatic heterocycles. The van der Waals surface area contributed by atoms with Crippen LogP contribution in [0.1, 0.15) is 11.1 Å². The summed E-state index contributed by atoms with van der Waals surface area (Å²) in [6, 6.07) is 12.1. The monoisotopic (exact) mass is 276 g/mol. The van der Waals surface area contributed by atoms with E-state index in [-0.39, 0.29) is 12.4 Å². The molecule has 1 N–H and O–H groups in total. The molecule has 0 unspecified atom stereocenters.